The predicted molar refractivity (Wildman–Crippen MR) is 41.8 cm³/mol. The van der Waals surface area contributed by atoms with Gasteiger partial charge in [-0.15, -0.1) is 0 Å². The van der Waals surface area contributed by atoms with Crippen LogP contribution in [0.1, 0.15) is 6.42 Å². The van der Waals surface area contributed by atoms with E-state index in [1.54, 1.807) is 0 Å². The van der Waals surface area contributed by atoms with E-state index in [1.807, 2.05) is 0 Å². The average molecular weight is 179 g/mol. The average Bonchev–Trinajstić information content (AvgIpc) is 2.29. The number of hydrogen-bond donors (Lipinski definition) is 2. The van der Waals surface area contributed by atoms with Gasteiger partial charge in [-0.3, -0.25) is 0 Å². The van der Waals surface area contributed by atoms with Crippen LogP contribution in [0.25, 0.3) is 0 Å². The van der Waals surface area contributed by atoms with Gasteiger partial charge in [-0.05, 0) is 6.42 Å². The van der Waals surface area contributed by atoms with Gasteiger partial charge in [0.25, 0.3) is 0 Å². The molecule has 11 heavy (non-hydrogen) atoms. The van der Waals surface area contributed by atoms with Crippen molar-refractivity contribution < 1.29 is 13.5 Å². The Labute approximate surface area is 66.3 Å². The Morgan fingerprint density at radius 2 is 2.27 bits per heavy atom. The molecule has 0 aromatic heterocycles. The summed E-state index contributed by atoms with van der Waals surface area (Å²) in [5.41, 5.74) is 5.20. The number of nitrogens with two attached hydrogens (primary N) is 1. The zero-order chi connectivity index (χ0) is 8.48. The first-order chi connectivity index (χ1) is 5.05. The summed E-state index contributed by atoms with van der Waals surface area (Å²) in [4.78, 5) is 0. The Morgan fingerprint density at radius 1 is 1.64 bits per heavy atom. The molecule has 5 heteroatoms. The molecule has 1 rings (SSSR count). The van der Waals surface area contributed by atoms with Gasteiger partial charge in [0.1, 0.15) is 0 Å². The highest BCUT2D eigenvalue weighted by molar-refractivity contribution is 7.91. The van der Waals surface area contributed by atoms with Crippen LogP contribution in [0.4, 0.5) is 0 Å². The number of aliphatic hydroxyl groups is 1. The molecule has 1 fully saturated rings. The van der Waals surface area contributed by atoms with Crippen LogP contribution < -0.4 is 5.73 Å². The predicted octanol–water partition coefficient (Wildman–Crippen LogP) is -1.26. The van der Waals surface area contributed by atoms with Crippen LogP contribution in [0.3, 0.4) is 0 Å². The van der Waals surface area contributed by atoms with E-state index in [9.17, 15) is 13.5 Å². The molecule has 0 aliphatic carbocycles. The van der Waals surface area contributed by atoms with Crippen molar-refractivity contribution in [3.05, 3.63) is 0 Å². The number of aliphatic hydroxyl groups excluding tert-OH is 1. The van der Waals surface area contributed by atoms with E-state index in [1.165, 1.54) is 0 Å². The van der Waals surface area contributed by atoms with Crippen LogP contribution in [0.15, 0.2) is 0 Å². The first-order valence-electron chi connectivity index (χ1n) is 3.64. The first kappa shape index (κ1) is 8.96. The SMILES string of the molecule is NC[C@H](O)C1CCS(=O)(=O)C1. The Bertz CT molecular complexity index is 224. The van der Waals surface area contributed by atoms with Gasteiger partial charge >= 0.3 is 0 Å². The molecular weight excluding hydrogens is 166 g/mol. The zero-order valence-electron chi connectivity index (χ0n) is 6.23. The number of sulfone groups is 1. The Morgan fingerprint density at radius 3 is 2.64 bits per heavy atom. The van der Waals surface area contributed by atoms with Gasteiger partial charge in [0.15, 0.2) is 9.84 Å². The standard InChI is InChI=1S/C6H13NO3S/c7-3-6(8)5-1-2-11(9,10)4-5/h5-6,8H,1-4,7H2/t5?,6-/m0/s1. The first-order valence-corrected chi connectivity index (χ1v) is 5.46. The molecule has 1 heterocycles. The molecule has 4 nitrogen and oxygen atoms in total. The van der Waals surface area contributed by atoms with Crippen molar-refractivity contribution in [3.8, 4) is 0 Å². The van der Waals surface area contributed by atoms with Crippen molar-refractivity contribution in [1.82, 2.24) is 0 Å². The summed E-state index contributed by atoms with van der Waals surface area (Å²) in [6.07, 6.45) is -0.0898. The minimum absolute atomic E-state index is 0.103. The van der Waals surface area contributed by atoms with Gasteiger partial charge in [-0.25, -0.2) is 8.42 Å². The lowest BCUT2D eigenvalue weighted by Crippen LogP contribution is -2.29. The van der Waals surface area contributed by atoms with Crippen molar-refractivity contribution in [2.75, 3.05) is 18.1 Å². The smallest absolute Gasteiger partial charge is 0.150 e. The topological polar surface area (TPSA) is 80.4 Å². The second-order valence-electron chi connectivity index (χ2n) is 2.97. The van der Waals surface area contributed by atoms with E-state index in [0.29, 0.717) is 6.42 Å². The van der Waals surface area contributed by atoms with Gasteiger partial charge in [0, 0.05) is 12.5 Å². The van der Waals surface area contributed by atoms with Gasteiger partial charge in [-0.2, -0.15) is 0 Å². The maximum absolute atomic E-state index is 10.9. The van der Waals surface area contributed by atoms with Gasteiger partial charge in [0.2, 0.25) is 0 Å². The summed E-state index contributed by atoms with van der Waals surface area (Å²) in [7, 11) is -2.87. The van der Waals surface area contributed by atoms with E-state index < -0.39 is 15.9 Å². The van der Waals surface area contributed by atoms with Crippen LogP contribution in [0.2, 0.25) is 0 Å². The lowest BCUT2D eigenvalue weighted by molar-refractivity contribution is 0.128. The fourth-order valence-electron chi connectivity index (χ4n) is 1.32. The molecule has 0 saturated carbocycles. The van der Waals surface area contributed by atoms with E-state index in [-0.39, 0.29) is 24.0 Å². The van der Waals surface area contributed by atoms with E-state index in [2.05, 4.69) is 0 Å². The van der Waals surface area contributed by atoms with Gasteiger partial charge in [-0.1, -0.05) is 0 Å². The van der Waals surface area contributed by atoms with Crippen molar-refractivity contribution in [2.45, 2.75) is 12.5 Å². The van der Waals surface area contributed by atoms with Gasteiger partial charge in [0.05, 0.1) is 17.6 Å². The van der Waals surface area contributed by atoms with Crippen LogP contribution >= 0.6 is 0 Å². The minimum atomic E-state index is -2.87. The number of hydrogen-bond acceptors (Lipinski definition) is 4. The summed E-state index contributed by atoms with van der Waals surface area (Å²) in [5.74, 6) is 0.171. The molecule has 0 aromatic rings. The third-order valence-corrected chi connectivity index (χ3v) is 3.85. The molecule has 0 aromatic carbocycles. The van der Waals surface area contributed by atoms with E-state index >= 15 is 0 Å². The minimum Gasteiger partial charge on any atom is -0.391 e. The highest BCUT2D eigenvalue weighted by Gasteiger charge is 2.31. The molecular formula is C6H13NO3S. The lowest BCUT2D eigenvalue weighted by atomic mass is 10.0. The van der Waals surface area contributed by atoms with Crippen LogP contribution in [0.5, 0.6) is 0 Å². The Hall–Kier alpha value is -0.130. The van der Waals surface area contributed by atoms with Crippen molar-refractivity contribution in [3.63, 3.8) is 0 Å². The quantitative estimate of drug-likeness (QED) is 0.554. The Kier molecular flexibility index (Phi) is 2.51. The fourth-order valence-corrected chi connectivity index (χ4v) is 3.19. The zero-order valence-corrected chi connectivity index (χ0v) is 7.05. The summed E-state index contributed by atoms with van der Waals surface area (Å²) in [6, 6.07) is 0. The molecule has 0 amide bonds. The third kappa shape index (κ3) is 2.15. The van der Waals surface area contributed by atoms with Crippen molar-refractivity contribution in [1.29, 1.82) is 0 Å². The molecule has 66 valence electrons. The molecule has 3 N–H and O–H groups in total. The number of rotatable bonds is 2. The van der Waals surface area contributed by atoms with E-state index in [0.717, 1.165) is 0 Å². The van der Waals surface area contributed by atoms with E-state index in [4.69, 9.17) is 5.73 Å². The molecule has 1 aliphatic rings. The summed E-state index contributed by atoms with van der Waals surface area (Å²) in [6.45, 7) is 0.153. The normalized spacial score (nSPS) is 32.0. The molecule has 1 unspecified atom stereocenters. The molecule has 1 aliphatic heterocycles. The monoisotopic (exact) mass is 179 g/mol. The molecule has 1 saturated heterocycles. The third-order valence-electron chi connectivity index (χ3n) is 2.05. The highest BCUT2D eigenvalue weighted by Crippen LogP contribution is 2.20. The second kappa shape index (κ2) is 3.08. The molecule has 0 radical (unpaired) electrons. The van der Waals surface area contributed by atoms with Crippen molar-refractivity contribution >= 4 is 9.84 Å². The van der Waals surface area contributed by atoms with Crippen LogP contribution in [-0.2, 0) is 9.84 Å². The molecule has 2 atom stereocenters. The molecule has 0 bridgehead atoms. The van der Waals surface area contributed by atoms with Crippen molar-refractivity contribution in [2.24, 2.45) is 11.7 Å². The second-order valence-corrected chi connectivity index (χ2v) is 5.19. The van der Waals surface area contributed by atoms with Crippen LogP contribution in [0, 0.1) is 5.92 Å². The van der Waals surface area contributed by atoms with Gasteiger partial charge < -0.3 is 10.8 Å². The highest BCUT2D eigenvalue weighted by atomic mass is 32.2. The van der Waals surface area contributed by atoms with Crippen LogP contribution in [-0.4, -0.2) is 37.7 Å². The largest absolute Gasteiger partial charge is 0.391 e. The summed E-state index contributed by atoms with van der Waals surface area (Å²) >= 11 is 0. The maximum atomic E-state index is 10.9. The molecule has 0 spiro atoms. The maximum Gasteiger partial charge on any atom is 0.150 e. The Balaban J connectivity index is 2.55. The lowest BCUT2D eigenvalue weighted by Gasteiger charge is -2.12. The summed E-state index contributed by atoms with van der Waals surface area (Å²) < 4.78 is 21.8. The fraction of sp³-hybridized carbons (Fsp3) is 1.00. The summed E-state index contributed by atoms with van der Waals surface area (Å²) in [5, 5.41) is 9.20.